The number of hydrogen-bond acceptors (Lipinski definition) is 2. The van der Waals surface area contributed by atoms with Crippen molar-refractivity contribution in [2.24, 2.45) is 47.3 Å². The number of rotatable bonds is 0. The van der Waals surface area contributed by atoms with E-state index in [9.17, 15) is 9.59 Å². The van der Waals surface area contributed by atoms with Crippen LogP contribution in [0.15, 0.2) is 12.2 Å². The van der Waals surface area contributed by atoms with Crippen molar-refractivity contribution in [1.82, 2.24) is 0 Å². The summed E-state index contributed by atoms with van der Waals surface area (Å²) in [6.07, 6.45) is 9.82. The van der Waals surface area contributed by atoms with E-state index < -0.39 is 0 Å². The normalized spacial score (nSPS) is 57.5. The van der Waals surface area contributed by atoms with Gasteiger partial charge in [0.25, 0.3) is 0 Å². The Morgan fingerprint density at radius 2 is 1.26 bits per heavy atom. The Bertz CT molecular complexity index is 461. The predicted molar refractivity (Wildman–Crippen MR) is 70.2 cm³/mol. The molecule has 0 spiro atoms. The molecule has 0 N–H and O–H groups in total. The fourth-order valence-electron chi connectivity index (χ4n) is 6.64. The number of Topliss-reactive ketones (excluding diaryl/α,β-unsaturated/α-hetero) is 2. The maximum atomic E-state index is 12.4. The summed E-state index contributed by atoms with van der Waals surface area (Å²) in [5, 5.41) is 0. The Kier molecular flexibility index (Phi) is 1.93. The fraction of sp³-hybridized carbons (Fsp3) is 0.765. The van der Waals surface area contributed by atoms with Crippen LogP contribution >= 0.6 is 0 Å². The first kappa shape index (κ1) is 10.8. The molecule has 4 bridgehead atoms. The van der Waals surface area contributed by atoms with Gasteiger partial charge in [-0.3, -0.25) is 9.59 Å². The van der Waals surface area contributed by atoms with Gasteiger partial charge in [-0.05, 0) is 54.8 Å². The first-order valence-corrected chi connectivity index (χ1v) is 7.99. The van der Waals surface area contributed by atoms with Gasteiger partial charge in [-0.1, -0.05) is 12.2 Å². The largest absolute Gasteiger partial charge is 0.299 e. The molecule has 8 atom stereocenters. The monoisotopic (exact) mass is 256 g/mol. The van der Waals surface area contributed by atoms with Gasteiger partial charge in [0.1, 0.15) is 11.6 Å². The second-order valence-electron chi connectivity index (χ2n) is 7.51. The molecule has 4 saturated carbocycles. The molecule has 2 nitrogen and oxygen atoms in total. The van der Waals surface area contributed by atoms with Gasteiger partial charge in [-0.2, -0.15) is 0 Å². The summed E-state index contributed by atoms with van der Waals surface area (Å²) in [7, 11) is 0. The quantitative estimate of drug-likeness (QED) is 0.624. The third-order valence-electron chi connectivity index (χ3n) is 7.07. The van der Waals surface area contributed by atoms with Crippen LogP contribution < -0.4 is 0 Å². The lowest BCUT2D eigenvalue weighted by molar-refractivity contribution is -0.150. The van der Waals surface area contributed by atoms with E-state index in [1.807, 2.05) is 0 Å². The zero-order valence-electron chi connectivity index (χ0n) is 11.1. The molecule has 0 radical (unpaired) electrons. The molecule has 6 rings (SSSR count). The predicted octanol–water partition coefficient (Wildman–Crippen LogP) is 2.63. The molecule has 0 aromatic heterocycles. The van der Waals surface area contributed by atoms with Crippen LogP contribution in [0.4, 0.5) is 0 Å². The van der Waals surface area contributed by atoms with Crippen LogP contribution in [-0.4, -0.2) is 11.6 Å². The number of carbonyl (C=O) groups is 2. The van der Waals surface area contributed by atoms with Crippen molar-refractivity contribution >= 4 is 11.6 Å². The van der Waals surface area contributed by atoms with Gasteiger partial charge >= 0.3 is 0 Å². The topological polar surface area (TPSA) is 34.1 Å². The second kappa shape index (κ2) is 3.39. The standard InChI is InChI=1S/C17H20O2/c18-12-5-6-13(19)17-11-4-3-10(16(12)17)14-8-1-2-9(7-8)15(11)14/h3-4,8-11,14-17H,1-2,5-7H2/t8-,9+,10-,11+,14+,15-,16+,17-. The van der Waals surface area contributed by atoms with Crippen LogP contribution in [-0.2, 0) is 9.59 Å². The van der Waals surface area contributed by atoms with Crippen LogP contribution in [0.1, 0.15) is 32.1 Å². The molecule has 0 amide bonds. The lowest BCUT2D eigenvalue weighted by atomic mass is 9.47. The molecule has 0 heterocycles. The zero-order chi connectivity index (χ0) is 12.7. The van der Waals surface area contributed by atoms with E-state index in [0.29, 0.717) is 36.2 Å². The molecule has 0 saturated heterocycles. The van der Waals surface area contributed by atoms with Crippen molar-refractivity contribution in [2.75, 3.05) is 0 Å². The minimum atomic E-state index is 0.0665. The molecule has 19 heavy (non-hydrogen) atoms. The third-order valence-corrected chi connectivity index (χ3v) is 7.07. The minimum Gasteiger partial charge on any atom is -0.299 e. The molecule has 4 fully saturated rings. The Balaban J connectivity index is 1.64. The molecule has 0 unspecified atom stereocenters. The average molecular weight is 256 g/mol. The van der Waals surface area contributed by atoms with Crippen LogP contribution in [0.5, 0.6) is 0 Å². The van der Waals surface area contributed by atoms with E-state index in [1.165, 1.54) is 19.3 Å². The highest BCUT2D eigenvalue weighted by molar-refractivity contribution is 5.97. The van der Waals surface area contributed by atoms with Crippen molar-refractivity contribution in [1.29, 1.82) is 0 Å². The molecule has 0 aromatic rings. The van der Waals surface area contributed by atoms with Gasteiger partial charge in [-0.15, -0.1) is 0 Å². The second-order valence-corrected chi connectivity index (χ2v) is 7.51. The Labute approximate surface area is 113 Å². The highest BCUT2D eigenvalue weighted by atomic mass is 16.1. The van der Waals surface area contributed by atoms with E-state index in [4.69, 9.17) is 0 Å². The van der Waals surface area contributed by atoms with Crippen LogP contribution in [0, 0.1) is 47.3 Å². The molecule has 0 aliphatic heterocycles. The molecule has 2 heteroatoms. The van der Waals surface area contributed by atoms with Gasteiger partial charge in [-0.25, -0.2) is 0 Å². The molecule has 6 aliphatic carbocycles. The summed E-state index contributed by atoms with van der Waals surface area (Å²) in [5.41, 5.74) is 0. The summed E-state index contributed by atoms with van der Waals surface area (Å²) in [5.74, 6) is 4.94. The summed E-state index contributed by atoms with van der Waals surface area (Å²) in [4.78, 5) is 24.7. The zero-order valence-corrected chi connectivity index (χ0v) is 11.1. The number of carbonyl (C=O) groups excluding carboxylic acids is 2. The summed E-state index contributed by atoms with van der Waals surface area (Å²) >= 11 is 0. The summed E-state index contributed by atoms with van der Waals surface area (Å²) < 4.78 is 0. The first-order valence-electron chi connectivity index (χ1n) is 7.99. The maximum Gasteiger partial charge on any atom is 0.137 e. The Morgan fingerprint density at radius 3 is 1.74 bits per heavy atom. The minimum absolute atomic E-state index is 0.0665. The number of hydrogen-bond donors (Lipinski definition) is 0. The molecular weight excluding hydrogens is 236 g/mol. The van der Waals surface area contributed by atoms with Gasteiger partial charge in [0.05, 0.1) is 0 Å². The fourth-order valence-corrected chi connectivity index (χ4v) is 6.64. The van der Waals surface area contributed by atoms with Gasteiger partial charge in [0.2, 0.25) is 0 Å². The average Bonchev–Trinajstić information content (AvgIpc) is 3.05. The summed E-state index contributed by atoms with van der Waals surface area (Å²) in [6.45, 7) is 0. The lowest BCUT2D eigenvalue weighted by Gasteiger charge is -2.55. The summed E-state index contributed by atoms with van der Waals surface area (Å²) in [6, 6.07) is 0. The Morgan fingerprint density at radius 1 is 0.789 bits per heavy atom. The van der Waals surface area contributed by atoms with Crippen LogP contribution in [0.3, 0.4) is 0 Å². The molecule has 6 aliphatic rings. The Hall–Kier alpha value is -0.920. The van der Waals surface area contributed by atoms with E-state index in [0.717, 1.165) is 23.7 Å². The highest BCUT2D eigenvalue weighted by Gasteiger charge is 2.63. The van der Waals surface area contributed by atoms with Gasteiger partial charge in [0, 0.05) is 24.7 Å². The molecular formula is C17H20O2. The number of allylic oxidation sites excluding steroid dienone is 2. The van der Waals surface area contributed by atoms with Crippen molar-refractivity contribution in [3.8, 4) is 0 Å². The van der Waals surface area contributed by atoms with E-state index in [1.54, 1.807) is 0 Å². The highest BCUT2D eigenvalue weighted by Crippen LogP contribution is 2.66. The van der Waals surface area contributed by atoms with Crippen LogP contribution in [0.25, 0.3) is 0 Å². The number of ketones is 2. The van der Waals surface area contributed by atoms with Gasteiger partial charge in [0.15, 0.2) is 0 Å². The van der Waals surface area contributed by atoms with Crippen molar-refractivity contribution in [3.63, 3.8) is 0 Å². The molecule has 100 valence electrons. The SMILES string of the molecule is O=C1CCC(=O)[C@H]2[C@H]3C=C[C@@H]([C@@H]12)[C@@H]1[C@@H]2CC[C@@H](C2)[C@H]31. The van der Waals surface area contributed by atoms with Gasteiger partial charge < -0.3 is 0 Å². The van der Waals surface area contributed by atoms with E-state index in [2.05, 4.69) is 12.2 Å². The van der Waals surface area contributed by atoms with Crippen molar-refractivity contribution in [2.45, 2.75) is 32.1 Å². The van der Waals surface area contributed by atoms with Crippen LogP contribution in [0.2, 0.25) is 0 Å². The maximum absolute atomic E-state index is 12.4. The van der Waals surface area contributed by atoms with Crippen molar-refractivity contribution in [3.05, 3.63) is 12.2 Å². The number of fused-ring (bicyclic) bond motifs is 2. The molecule has 0 aromatic carbocycles. The smallest absolute Gasteiger partial charge is 0.137 e. The van der Waals surface area contributed by atoms with E-state index in [-0.39, 0.29) is 11.8 Å². The van der Waals surface area contributed by atoms with Crippen molar-refractivity contribution < 1.29 is 9.59 Å². The first-order chi connectivity index (χ1) is 9.25. The third kappa shape index (κ3) is 1.15. The lowest BCUT2D eigenvalue weighted by Crippen LogP contribution is -2.56. The van der Waals surface area contributed by atoms with E-state index >= 15 is 0 Å².